The number of likely N-dealkylation sites (N-methyl/N-ethyl adjacent to an activating group) is 1. The fourth-order valence-corrected chi connectivity index (χ4v) is 4.29. The van der Waals surface area contributed by atoms with Crippen LogP contribution in [0.3, 0.4) is 0 Å². The van der Waals surface area contributed by atoms with Crippen molar-refractivity contribution in [2.75, 3.05) is 39.2 Å². The highest BCUT2D eigenvalue weighted by Gasteiger charge is 2.39. The molecule has 1 aromatic heterocycles. The minimum atomic E-state index is -0.427. The predicted molar refractivity (Wildman–Crippen MR) is 125 cm³/mol. The number of nitrogens with zero attached hydrogens (tertiary/aromatic N) is 3. The Balaban J connectivity index is 1.43. The Labute approximate surface area is 203 Å². The van der Waals surface area contributed by atoms with Crippen molar-refractivity contribution < 1.29 is 28.6 Å². The van der Waals surface area contributed by atoms with Gasteiger partial charge in [0.05, 0.1) is 36.9 Å². The van der Waals surface area contributed by atoms with Crippen LogP contribution in [0.4, 0.5) is 5.69 Å². The van der Waals surface area contributed by atoms with Gasteiger partial charge in [-0.3, -0.25) is 19.4 Å². The van der Waals surface area contributed by atoms with Crippen molar-refractivity contribution in [1.29, 1.82) is 0 Å². The van der Waals surface area contributed by atoms with Gasteiger partial charge in [-0.15, -0.1) is 0 Å². The number of aromatic nitrogens is 2. The van der Waals surface area contributed by atoms with E-state index in [4.69, 9.17) is 14.2 Å². The van der Waals surface area contributed by atoms with E-state index in [2.05, 4.69) is 20.6 Å². The molecule has 2 aliphatic rings. The minimum Gasteiger partial charge on any atom is -0.490 e. The first-order valence-electron chi connectivity index (χ1n) is 11.5. The van der Waals surface area contributed by atoms with Crippen LogP contribution in [0.5, 0.6) is 5.75 Å². The van der Waals surface area contributed by atoms with Gasteiger partial charge >= 0.3 is 0 Å². The van der Waals surface area contributed by atoms with E-state index in [0.29, 0.717) is 43.0 Å². The molecule has 0 saturated carbocycles. The Kier molecular flexibility index (Phi) is 7.88. The van der Waals surface area contributed by atoms with Crippen molar-refractivity contribution in [3.63, 3.8) is 0 Å². The van der Waals surface area contributed by atoms with Gasteiger partial charge in [0.25, 0.3) is 11.8 Å². The molecule has 1 fully saturated rings. The van der Waals surface area contributed by atoms with Crippen LogP contribution in [0.15, 0.2) is 36.8 Å². The maximum atomic E-state index is 13.3. The average molecular weight is 484 g/mol. The predicted octanol–water partition coefficient (Wildman–Crippen LogP) is 1.26. The summed E-state index contributed by atoms with van der Waals surface area (Å²) in [5, 5.41) is 5.55. The molecule has 3 atom stereocenters. The highest BCUT2D eigenvalue weighted by Crippen LogP contribution is 2.32. The Morgan fingerprint density at radius 2 is 2.11 bits per heavy atom. The molecular formula is C24H29N5O6. The first-order chi connectivity index (χ1) is 17.0. The van der Waals surface area contributed by atoms with E-state index in [1.165, 1.54) is 18.6 Å². The topological polar surface area (TPSA) is 132 Å². The van der Waals surface area contributed by atoms with Gasteiger partial charge in [0, 0.05) is 38.8 Å². The minimum absolute atomic E-state index is 0.0944. The molecule has 0 radical (unpaired) electrons. The average Bonchev–Trinajstić information content (AvgIpc) is 2.87. The van der Waals surface area contributed by atoms with Crippen molar-refractivity contribution in [2.45, 2.75) is 37.5 Å². The molecule has 186 valence electrons. The first-order valence-corrected chi connectivity index (χ1v) is 11.5. The molecule has 11 nitrogen and oxygen atoms in total. The Hall–Kier alpha value is -3.57. The number of fused-ring (bicyclic) bond motifs is 2. The largest absolute Gasteiger partial charge is 0.490 e. The van der Waals surface area contributed by atoms with Crippen LogP contribution < -0.4 is 15.4 Å². The molecule has 3 heterocycles. The molecule has 2 N–H and O–H groups in total. The lowest BCUT2D eigenvalue weighted by Gasteiger charge is -2.42. The fraction of sp³-hybridized carbons (Fsp3) is 0.458. The number of nitrogens with one attached hydrogen (secondary N) is 2. The van der Waals surface area contributed by atoms with Crippen molar-refractivity contribution in [3.05, 3.63) is 48.0 Å². The number of ether oxygens (including phenoxy) is 3. The number of benzene rings is 1. The second kappa shape index (κ2) is 11.2. The van der Waals surface area contributed by atoms with E-state index in [1.807, 2.05) is 0 Å². The van der Waals surface area contributed by atoms with Gasteiger partial charge in [0.15, 0.2) is 0 Å². The van der Waals surface area contributed by atoms with E-state index in [-0.39, 0.29) is 48.8 Å². The number of amides is 3. The summed E-state index contributed by atoms with van der Waals surface area (Å²) in [5.74, 6) is -0.350. The molecule has 0 aliphatic carbocycles. The van der Waals surface area contributed by atoms with Crippen LogP contribution in [-0.2, 0) is 14.3 Å². The number of anilines is 1. The van der Waals surface area contributed by atoms with Gasteiger partial charge in [-0.2, -0.15) is 0 Å². The van der Waals surface area contributed by atoms with Gasteiger partial charge in [-0.1, -0.05) is 0 Å². The third kappa shape index (κ3) is 5.92. The zero-order valence-corrected chi connectivity index (χ0v) is 19.7. The Morgan fingerprint density at radius 3 is 2.89 bits per heavy atom. The second-order valence-electron chi connectivity index (χ2n) is 8.47. The molecule has 2 aromatic rings. The van der Waals surface area contributed by atoms with Gasteiger partial charge < -0.3 is 29.7 Å². The third-order valence-electron chi connectivity index (χ3n) is 6.11. The number of carbonyl (C=O) groups excluding carboxylic acids is 3. The number of hydrogen-bond donors (Lipinski definition) is 2. The molecule has 1 saturated heterocycles. The van der Waals surface area contributed by atoms with E-state index in [9.17, 15) is 14.4 Å². The van der Waals surface area contributed by atoms with Crippen LogP contribution in [0.1, 0.15) is 40.1 Å². The van der Waals surface area contributed by atoms with Gasteiger partial charge in [0.1, 0.15) is 24.2 Å². The monoisotopic (exact) mass is 483 g/mol. The Bertz CT molecular complexity index is 1070. The smallest absolute Gasteiger partial charge is 0.275 e. The summed E-state index contributed by atoms with van der Waals surface area (Å²) in [6, 6.07) is 4.71. The molecule has 1 aromatic carbocycles. The van der Waals surface area contributed by atoms with Crippen molar-refractivity contribution in [1.82, 2.24) is 20.2 Å². The summed E-state index contributed by atoms with van der Waals surface area (Å²) < 4.78 is 17.1. The summed E-state index contributed by atoms with van der Waals surface area (Å²) in [6.45, 7) is 1.14. The highest BCUT2D eigenvalue weighted by atomic mass is 16.5. The lowest BCUT2D eigenvalue weighted by atomic mass is 9.94. The first kappa shape index (κ1) is 24.6. The van der Waals surface area contributed by atoms with Crippen LogP contribution in [-0.4, -0.2) is 84.8 Å². The van der Waals surface area contributed by atoms with Gasteiger partial charge in [-0.25, -0.2) is 4.98 Å². The number of rotatable bonds is 7. The van der Waals surface area contributed by atoms with Crippen molar-refractivity contribution in [2.24, 2.45) is 0 Å². The van der Waals surface area contributed by atoms with Crippen LogP contribution in [0.2, 0.25) is 0 Å². The van der Waals surface area contributed by atoms with Crippen LogP contribution in [0.25, 0.3) is 0 Å². The molecule has 4 rings (SSSR count). The molecule has 0 unspecified atom stereocenters. The normalized spacial score (nSPS) is 21.6. The maximum absolute atomic E-state index is 13.3. The van der Waals surface area contributed by atoms with Crippen LogP contribution >= 0.6 is 0 Å². The summed E-state index contributed by atoms with van der Waals surface area (Å²) in [6.07, 6.45) is 5.25. The molecule has 35 heavy (non-hydrogen) atoms. The Morgan fingerprint density at radius 1 is 1.26 bits per heavy atom. The number of methoxy groups -OCH3 is 1. The number of carbonyl (C=O) groups is 3. The molecule has 3 amide bonds. The fourth-order valence-electron chi connectivity index (χ4n) is 4.29. The zero-order chi connectivity index (χ0) is 24.8. The van der Waals surface area contributed by atoms with E-state index < -0.39 is 5.91 Å². The summed E-state index contributed by atoms with van der Waals surface area (Å²) in [7, 11) is 3.32. The molecule has 0 spiro atoms. The zero-order valence-electron chi connectivity index (χ0n) is 19.7. The lowest BCUT2D eigenvalue weighted by Crippen LogP contribution is -2.54. The second-order valence-corrected chi connectivity index (χ2v) is 8.47. The standard InChI is InChI=1S/C24H29N5O6/c1-29-19-5-4-16(12-22(30)27-9-10-33-2)35-21(19)14-34-20-6-3-15(11-17(20)24(29)32)28-23(31)18-13-25-7-8-26-18/h3,6-8,11,13,16,19,21H,4-5,9-10,12,14H2,1-2H3,(H,27,30)(H,28,31)/t16-,19-,21-/m1/s1. The van der Waals surface area contributed by atoms with Gasteiger partial charge in [-0.05, 0) is 31.0 Å². The summed E-state index contributed by atoms with van der Waals surface area (Å²) in [4.78, 5) is 47.5. The summed E-state index contributed by atoms with van der Waals surface area (Å²) in [5.41, 5.74) is 0.965. The van der Waals surface area contributed by atoms with E-state index in [1.54, 1.807) is 37.3 Å². The highest BCUT2D eigenvalue weighted by molar-refractivity contribution is 6.04. The molecule has 2 aliphatic heterocycles. The lowest BCUT2D eigenvalue weighted by molar-refractivity contribution is -0.134. The van der Waals surface area contributed by atoms with Crippen molar-refractivity contribution in [3.8, 4) is 5.75 Å². The summed E-state index contributed by atoms with van der Waals surface area (Å²) >= 11 is 0. The van der Waals surface area contributed by atoms with E-state index >= 15 is 0 Å². The third-order valence-corrected chi connectivity index (χ3v) is 6.11. The van der Waals surface area contributed by atoms with Crippen molar-refractivity contribution >= 4 is 23.4 Å². The molecular weight excluding hydrogens is 454 g/mol. The number of hydrogen-bond acceptors (Lipinski definition) is 8. The quantitative estimate of drug-likeness (QED) is 0.563. The maximum Gasteiger partial charge on any atom is 0.275 e. The molecule has 11 heteroatoms. The van der Waals surface area contributed by atoms with E-state index in [0.717, 1.165) is 0 Å². The van der Waals surface area contributed by atoms with Crippen LogP contribution in [0, 0.1) is 0 Å². The SMILES string of the molecule is COCCNC(=O)C[C@H]1CC[C@@H]2[C@@H](COc3ccc(NC(=O)c4cnccn4)cc3C(=O)N2C)O1. The van der Waals surface area contributed by atoms with Gasteiger partial charge in [0.2, 0.25) is 5.91 Å². The molecule has 0 bridgehead atoms.